The first-order valence-electron chi connectivity index (χ1n) is 7.99. The van der Waals surface area contributed by atoms with Gasteiger partial charge in [-0.15, -0.1) is 11.8 Å². The maximum Gasteiger partial charge on any atom is 0.243 e. The van der Waals surface area contributed by atoms with E-state index in [1.165, 1.54) is 10.4 Å². The van der Waals surface area contributed by atoms with E-state index in [4.69, 9.17) is 0 Å². The maximum absolute atomic E-state index is 12.7. The lowest BCUT2D eigenvalue weighted by Crippen LogP contribution is -2.35. The third-order valence-corrected chi connectivity index (χ3v) is 6.69. The molecule has 2 rings (SSSR count). The fourth-order valence-corrected chi connectivity index (χ4v) is 4.63. The Morgan fingerprint density at radius 3 is 2.52 bits per heavy atom. The molecule has 0 bridgehead atoms. The number of aryl methyl sites for hydroxylation is 1. The van der Waals surface area contributed by atoms with Gasteiger partial charge in [-0.1, -0.05) is 12.5 Å². The summed E-state index contributed by atoms with van der Waals surface area (Å²) in [4.78, 5) is 22.4. The van der Waals surface area contributed by atoms with Crippen molar-refractivity contribution in [3.63, 3.8) is 0 Å². The van der Waals surface area contributed by atoms with Gasteiger partial charge in [0.25, 0.3) is 0 Å². The third-order valence-electron chi connectivity index (χ3n) is 3.89. The number of hydrogen-bond acceptors (Lipinski definition) is 6. The van der Waals surface area contributed by atoms with E-state index < -0.39 is 16.0 Å². The largest absolute Gasteiger partial charge is 0.549 e. The second-order valence-electron chi connectivity index (χ2n) is 5.85. The lowest BCUT2D eigenvalue weighted by atomic mass is 10.2. The van der Waals surface area contributed by atoms with E-state index in [1.54, 1.807) is 19.1 Å². The molecule has 1 aromatic carbocycles. The predicted molar refractivity (Wildman–Crippen MR) is 94.8 cm³/mol. The van der Waals surface area contributed by atoms with Crippen LogP contribution < -0.4 is 10.4 Å². The maximum atomic E-state index is 12.7. The molecule has 25 heavy (non-hydrogen) atoms. The summed E-state index contributed by atoms with van der Waals surface area (Å²) in [5.41, 5.74) is 1.15. The summed E-state index contributed by atoms with van der Waals surface area (Å²) in [5, 5.41) is 13.0. The molecule has 1 saturated heterocycles. The van der Waals surface area contributed by atoms with Crippen LogP contribution in [0.15, 0.2) is 23.1 Å². The molecule has 1 fully saturated rings. The summed E-state index contributed by atoms with van der Waals surface area (Å²) in [6.07, 6.45) is 2.74. The molecule has 9 heteroatoms. The monoisotopic (exact) mass is 385 g/mol. The summed E-state index contributed by atoms with van der Waals surface area (Å²) in [5.74, 6) is -1.93. The summed E-state index contributed by atoms with van der Waals surface area (Å²) in [7, 11) is -3.57. The van der Waals surface area contributed by atoms with Crippen molar-refractivity contribution in [1.29, 1.82) is 0 Å². The van der Waals surface area contributed by atoms with Gasteiger partial charge in [0, 0.05) is 24.5 Å². The van der Waals surface area contributed by atoms with Crippen LogP contribution in [0.4, 0.5) is 5.69 Å². The zero-order chi connectivity index (χ0) is 18.4. The first kappa shape index (κ1) is 19.7. The van der Waals surface area contributed by atoms with Crippen LogP contribution in [-0.2, 0) is 19.6 Å². The van der Waals surface area contributed by atoms with E-state index >= 15 is 0 Å². The van der Waals surface area contributed by atoms with Gasteiger partial charge < -0.3 is 15.2 Å². The molecule has 0 unspecified atom stereocenters. The molecular formula is C16H21N2O5S2-. The topological polar surface area (TPSA) is 107 Å². The van der Waals surface area contributed by atoms with Crippen LogP contribution in [0.3, 0.4) is 0 Å². The number of carbonyl (C=O) groups excluding carboxylic acids is 2. The number of piperidine rings is 1. The Hall–Kier alpha value is -1.58. The van der Waals surface area contributed by atoms with Crippen LogP contribution in [0.25, 0.3) is 0 Å². The lowest BCUT2D eigenvalue weighted by molar-refractivity contribution is -0.301. The minimum absolute atomic E-state index is 0.0451. The summed E-state index contributed by atoms with van der Waals surface area (Å²) < 4.78 is 26.9. The van der Waals surface area contributed by atoms with Crippen molar-refractivity contribution < 1.29 is 23.1 Å². The predicted octanol–water partition coefficient (Wildman–Crippen LogP) is 0.591. The number of sulfonamides is 1. The van der Waals surface area contributed by atoms with Crippen LogP contribution in [0.2, 0.25) is 0 Å². The van der Waals surface area contributed by atoms with E-state index in [0.717, 1.165) is 36.6 Å². The number of benzene rings is 1. The molecule has 138 valence electrons. The molecule has 7 nitrogen and oxygen atoms in total. The molecule has 0 spiro atoms. The smallest absolute Gasteiger partial charge is 0.243 e. The Morgan fingerprint density at radius 2 is 1.88 bits per heavy atom. The minimum Gasteiger partial charge on any atom is -0.549 e. The van der Waals surface area contributed by atoms with E-state index in [0.29, 0.717) is 18.8 Å². The third kappa shape index (κ3) is 5.45. The summed E-state index contributed by atoms with van der Waals surface area (Å²) in [6, 6.07) is 4.65. The Bertz CT molecular complexity index is 743. The number of amides is 1. The molecule has 1 heterocycles. The van der Waals surface area contributed by atoms with Gasteiger partial charge in [0.15, 0.2) is 0 Å². The number of carboxylic acids is 1. The molecule has 0 saturated carbocycles. The second-order valence-corrected chi connectivity index (χ2v) is 8.78. The van der Waals surface area contributed by atoms with Gasteiger partial charge in [-0.05, 0) is 37.5 Å². The first-order chi connectivity index (χ1) is 11.8. The van der Waals surface area contributed by atoms with Crippen LogP contribution in [0.5, 0.6) is 0 Å². The molecular weight excluding hydrogens is 364 g/mol. The molecule has 0 aromatic heterocycles. The van der Waals surface area contributed by atoms with E-state index in [2.05, 4.69) is 5.32 Å². The molecule has 1 aliphatic heterocycles. The molecule has 0 radical (unpaired) electrons. The van der Waals surface area contributed by atoms with Crippen molar-refractivity contribution in [3.8, 4) is 0 Å². The van der Waals surface area contributed by atoms with Crippen molar-refractivity contribution in [3.05, 3.63) is 23.8 Å². The number of anilines is 1. The minimum atomic E-state index is -3.57. The quantitative estimate of drug-likeness (QED) is 0.736. The van der Waals surface area contributed by atoms with E-state index in [9.17, 15) is 23.1 Å². The fraction of sp³-hybridized carbons (Fsp3) is 0.500. The number of carbonyl (C=O) groups is 2. The van der Waals surface area contributed by atoms with Crippen molar-refractivity contribution >= 4 is 39.3 Å². The molecule has 0 aliphatic carbocycles. The lowest BCUT2D eigenvalue weighted by Gasteiger charge is -2.26. The fourth-order valence-electron chi connectivity index (χ4n) is 2.56. The molecule has 1 aromatic rings. The van der Waals surface area contributed by atoms with Crippen molar-refractivity contribution in [2.45, 2.75) is 31.1 Å². The molecule has 0 atom stereocenters. The number of nitrogens with one attached hydrogen (secondary N) is 1. The van der Waals surface area contributed by atoms with E-state index in [-0.39, 0.29) is 22.3 Å². The van der Waals surface area contributed by atoms with Gasteiger partial charge in [0.2, 0.25) is 15.9 Å². The Kier molecular flexibility index (Phi) is 6.86. The standard InChI is InChI=1S/C16H22N2O5S2/c1-12-5-6-13(25(22,23)18-7-3-2-4-8-18)9-14(12)17-15(19)10-24-11-16(20)21/h5-6,9H,2-4,7-8,10-11H2,1H3,(H,17,19)(H,20,21)/p-1. The number of hydrogen-bond donors (Lipinski definition) is 1. The highest BCUT2D eigenvalue weighted by molar-refractivity contribution is 8.00. The SMILES string of the molecule is Cc1ccc(S(=O)(=O)N2CCCCC2)cc1NC(=O)CSCC(=O)[O-]. The zero-order valence-corrected chi connectivity index (χ0v) is 15.6. The van der Waals surface area contributed by atoms with E-state index in [1.807, 2.05) is 0 Å². The second kappa shape index (κ2) is 8.68. The Balaban J connectivity index is 2.11. The van der Waals surface area contributed by atoms with Crippen molar-refractivity contribution in [2.24, 2.45) is 0 Å². The number of rotatable bonds is 7. The van der Waals surface area contributed by atoms with Gasteiger partial charge >= 0.3 is 0 Å². The average molecular weight is 385 g/mol. The number of thioether (sulfide) groups is 1. The first-order valence-corrected chi connectivity index (χ1v) is 10.6. The Morgan fingerprint density at radius 1 is 1.20 bits per heavy atom. The van der Waals surface area contributed by atoms with Crippen molar-refractivity contribution in [1.82, 2.24) is 4.31 Å². The summed E-state index contributed by atoms with van der Waals surface area (Å²) in [6.45, 7) is 2.79. The number of carboxylic acid groups (broad SMARTS) is 1. The van der Waals surface area contributed by atoms with Crippen LogP contribution in [-0.4, -0.2) is 49.2 Å². The normalized spacial score (nSPS) is 15.7. The average Bonchev–Trinajstić information content (AvgIpc) is 2.57. The van der Waals surface area contributed by atoms with Crippen molar-refractivity contribution in [2.75, 3.05) is 29.9 Å². The molecule has 1 N–H and O–H groups in total. The van der Waals surface area contributed by atoms with Gasteiger partial charge in [0.05, 0.1) is 16.6 Å². The highest BCUT2D eigenvalue weighted by atomic mass is 32.2. The summed E-state index contributed by atoms with van der Waals surface area (Å²) >= 11 is 0.926. The van der Waals surface area contributed by atoms with Gasteiger partial charge in [-0.3, -0.25) is 4.79 Å². The molecule has 1 aliphatic rings. The van der Waals surface area contributed by atoms with Gasteiger partial charge in [-0.2, -0.15) is 4.31 Å². The number of nitrogens with zero attached hydrogens (tertiary/aromatic N) is 1. The molecule has 1 amide bonds. The van der Waals surface area contributed by atoms with Gasteiger partial charge in [0.1, 0.15) is 0 Å². The zero-order valence-electron chi connectivity index (χ0n) is 14.0. The number of aliphatic carboxylic acids is 1. The highest BCUT2D eigenvalue weighted by Gasteiger charge is 2.26. The Labute approximate surface area is 151 Å². The highest BCUT2D eigenvalue weighted by Crippen LogP contribution is 2.25. The van der Waals surface area contributed by atoms with Crippen LogP contribution in [0, 0.1) is 6.92 Å². The van der Waals surface area contributed by atoms with Crippen LogP contribution in [0.1, 0.15) is 24.8 Å². The van der Waals surface area contributed by atoms with Crippen LogP contribution >= 0.6 is 11.8 Å². The van der Waals surface area contributed by atoms with Gasteiger partial charge in [-0.25, -0.2) is 8.42 Å².